The van der Waals surface area contributed by atoms with Crippen LogP contribution < -0.4 is 10.1 Å². The fraction of sp³-hybridized carbons (Fsp3) is 0.259. The van der Waals surface area contributed by atoms with Crippen LogP contribution in [0.4, 0.5) is 0 Å². The number of carbonyl (C=O) groups is 1. The van der Waals surface area contributed by atoms with Gasteiger partial charge in [-0.15, -0.1) is 11.3 Å². The van der Waals surface area contributed by atoms with Crippen LogP contribution in [0.15, 0.2) is 72.8 Å². The molecule has 0 radical (unpaired) electrons. The van der Waals surface area contributed by atoms with Gasteiger partial charge in [-0.3, -0.25) is 4.79 Å². The van der Waals surface area contributed by atoms with Gasteiger partial charge in [0.1, 0.15) is 10.8 Å². The van der Waals surface area contributed by atoms with E-state index in [-0.39, 0.29) is 18.4 Å². The summed E-state index contributed by atoms with van der Waals surface area (Å²) >= 11 is 1.68. The van der Waals surface area contributed by atoms with Crippen molar-refractivity contribution in [2.24, 2.45) is 0 Å². The molecule has 0 aliphatic heterocycles. The first-order chi connectivity index (χ1) is 16.0. The Morgan fingerprint density at radius 3 is 2.58 bits per heavy atom. The zero-order chi connectivity index (χ0) is 23.2. The number of hydrogen-bond acceptors (Lipinski definition) is 5. The molecule has 1 aromatic heterocycles. The Morgan fingerprint density at radius 1 is 1.06 bits per heavy atom. The fourth-order valence-corrected chi connectivity index (χ4v) is 4.64. The van der Waals surface area contributed by atoms with Crippen molar-refractivity contribution >= 4 is 27.5 Å². The molecular formula is C27H29N3O2S. The predicted octanol–water partition coefficient (Wildman–Crippen LogP) is 5.32. The van der Waals surface area contributed by atoms with Crippen LogP contribution in [0, 0.1) is 0 Å². The van der Waals surface area contributed by atoms with Crippen molar-refractivity contribution in [2.45, 2.75) is 19.4 Å². The summed E-state index contributed by atoms with van der Waals surface area (Å²) in [7, 11) is 4.04. The highest BCUT2D eigenvalue weighted by atomic mass is 32.1. The van der Waals surface area contributed by atoms with Crippen LogP contribution in [-0.2, 0) is 11.3 Å². The van der Waals surface area contributed by atoms with Crippen LogP contribution >= 0.6 is 11.3 Å². The van der Waals surface area contributed by atoms with Crippen LogP contribution in [0.3, 0.4) is 0 Å². The second-order valence-electron chi connectivity index (χ2n) is 8.45. The molecule has 1 amide bonds. The molecule has 0 aliphatic carbocycles. The Labute approximate surface area is 199 Å². The maximum absolute atomic E-state index is 12.4. The average molecular weight is 460 g/mol. The third kappa shape index (κ3) is 5.97. The standard InChI is InChI=1S/C27H29N3O2S/c1-19(20-9-5-4-6-10-20)16-28-26(31)18-32-24-14-13-21(15-22(24)17-30(2)3)27-29-23-11-7-8-12-25(23)33-27/h4-15,19H,16-18H2,1-3H3,(H,28,31)/t19-/m0/s1. The molecule has 33 heavy (non-hydrogen) atoms. The highest BCUT2D eigenvalue weighted by Gasteiger charge is 2.13. The molecule has 1 N–H and O–H groups in total. The first kappa shape index (κ1) is 23.0. The molecule has 4 aromatic rings. The van der Waals surface area contributed by atoms with E-state index in [1.807, 2.05) is 62.6 Å². The lowest BCUT2D eigenvalue weighted by Crippen LogP contribution is -2.32. The highest BCUT2D eigenvalue weighted by molar-refractivity contribution is 7.21. The van der Waals surface area contributed by atoms with Gasteiger partial charge >= 0.3 is 0 Å². The van der Waals surface area contributed by atoms with Crippen molar-refractivity contribution in [1.82, 2.24) is 15.2 Å². The number of nitrogens with one attached hydrogen (secondary N) is 1. The topological polar surface area (TPSA) is 54.5 Å². The lowest BCUT2D eigenvalue weighted by molar-refractivity contribution is -0.123. The Bertz CT molecular complexity index is 1190. The third-order valence-electron chi connectivity index (χ3n) is 5.42. The van der Waals surface area contributed by atoms with E-state index in [9.17, 15) is 4.79 Å². The molecule has 0 unspecified atom stereocenters. The van der Waals surface area contributed by atoms with Crippen molar-refractivity contribution < 1.29 is 9.53 Å². The number of carbonyl (C=O) groups excluding carboxylic acids is 1. The van der Waals surface area contributed by atoms with Crippen LogP contribution in [0.25, 0.3) is 20.8 Å². The first-order valence-corrected chi connectivity index (χ1v) is 11.9. The molecule has 170 valence electrons. The minimum Gasteiger partial charge on any atom is -0.483 e. The van der Waals surface area contributed by atoms with Gasteiger partial charge in [0.15, 0.2) is 6.61 Å². The fourth-order valence-electron chi connectivity index (χ4n) is 3.67. The van der Waals surface area contributed by atoms with Crippen LogP contribution in [0.5, 0.6) is 5.75 Å². The van der Waals surface area contributed by atoms with E-state index in [0.717, 1.165) is 27.4 Å². The van der Waals surface area contributed by atoms with E-state index in [0.29, 0.717) is 13.1 Å². The summed E-state index contributed by atoms with van der Waals surface area (Å²) in [4.78, 5) is 19.3. The monoisotopic (exact) mass is 459 g/mol. The second-order valence-corrected chi connectivity index (χ2v) is 9.48. The normalized spacial score (nSPS) is 12.1. The summed E-state index contributed by atoms with van der Waals surface area (Å²) < 4.78 is 7.10. The average Bonchev–Trinajstić information content (AvgIpc) is 3.26. The minimum absolute atomic E-state index is 0.0115. The maximum atomic E-state index is 12.4. The molecule has 5 nitrogen and oxygen atoms in total. The van der Waals surface area contributed by atoms with Gasteiger partial charge < -0.3 is 15.0 Å². The van der Waals surface area contributed by atoms with Gasteiger partial charge in [0.2, 0.25) is 0 Å². The minimum atomic E-state index is -0.121. The van der Waals surface area contributed by atoms with Gasteiger partial charge in [-0.25, -0.2) is 4.98 Å². The molecule has 1 heterocycles. The Balaban J connectivity index is 1.42. The summed E-state index contributed by atoms with van der Waals surface area (Å²) in [5.74, 6) is 0.844. The number of aromatic nitrogens is 1. The number of para-hydroxylation sites is 1. The van der Waals surface area contributed by atoms with Crippen molar-refractivity contribution in [3.05, 3.63) is 83.9 Å². The molecule has 3 aromatic carbocycles. The summed E-state index contributed by atoms with van der Waals surface area (Å²) in [6, 6.07) is 24.4. The number of benzene rings is 3. The zero-order valence-corrected chi connectivity index (χ0v) is 20.1. The number of ether oxygens (including phenoxy) is 1. The van der Waals surface area contributed by atoms with E-state index in [2.05, 4.69) is 41.4 Å². The summed E-state index contributed by atoms with van der Waals surface area (Å²) in [5, 5.41) is 3.96. The van der Waals surface area contributed by atoms with Gasteiger partial charge in [-0.2, -0.15) is 0 Å². The molecule has 0 aliphatic rings. The number of fused-ring (bicyclic) bond motifs is 1. The smallest absolute Gasteiger partial charge is 0.257 e. The number of rotatable bonds is 9. The first-order valence-electron chi connectivity index (χ1n) is 11.1. The molecule has 1 atom stereocenters. The summed E-state index contributed by atoms with van der Waals surface area (Å²) in [6.07, 6.45) is 0. The molecule has 0 bridgehead atoms. The highest BCUT2D eigenvalue weighted by Crippen LogP contribution is 2.33. The Hall–Kier alpha value is -3.22. The summed E-state index contributed by atoms with van der Waals surface area (Å²) in [5.41, 5.74) is 4.30. The molecule has 0 saturated carbocycles. The Kier molecular flexibility index (Phi) is 7.37. The van der Waals surface area contributed by atoms with Gasteiger partial charge in [-0.05, 0) is 55.9 Å². The van der Waals surface area contributed by atoms with Crippen molar-refractivity contribution in [3.8, 4) is 16.3 Å². The van der Waals surface area contributed by atoms with Crippen molar-refractivity contribution in [3.63, 3.8) is 0 Å². The second kappa shape index (κ2) is 10.6. The van der Waals surface area contributed by atoms with Gasteiger partial charge in [0, 0.05) is 24.2 Å². The predicted molar refractivity (Wildman–Crippen MR) is 136 cm³/mol. The largest absolute Gasteiger partial charge is 0.483 e. The third-order valence-corrected chi connectivity index (χ3v) is 6.51. The molecule has 0 spiro atoms. The molecule has 0 saturated heterocycles. The Morgan fingerprint density at radius 2 is 1.82 bits per heavy atom. The number of hydrogen-bond donors (Lipinski definition) is 1. The van der Waals surface area contributed by atoms with Crippen molar-refractivity contribution in [2.75, 3.05) is 27.2 Å². The van der Waals surface area contributed by atoms with Gasteiger partial charge in [0.05, 0.1) is 10.2 Å². The van der Waals surface area contributed by atoms with E-state index in [1.54, 1.807) is 11.3 Å². The number of nitrogens with zero attached hydrogens (tertiary/aromatic N) is 2. The van der Waals surface area contributed by atoms with Crippen LogP contribution in [0.1, 0.15) is 24.0 Å². The van der Waals surface area contributed by atoms with Gasteiger partial charge in [-0.1, -0.05) is 49.4 Å². The summed E-state index contributed by atoms with van der Waals surface area (Å²) in [6.45, 7) is 3.38. The molecule has 6 heteroatoms. The van der Waals surface area contributed by atoms with Crippen LogP contribution in [0.2, 0.25) is 0 Å². The number of thiazole rings is 1. The lowest BCUT2D eigenvalue weighted by atomic mass is 10.0. The molecule has 0 fully saturated rings. The maximum Gasteiger partial charge on any atom is 0.257 e. The zero-order valence-electron chi connectivity index (χ0n) is 19.2. The SMILES string of the molecule is C[C@@H](CNC(=O)COc1ccc(-c2nc3ccccc3s2)cc1CN(C)C)c1ccccc1. The van der Waals surface area contributed by atoms with E-state index >= 15 is 0 Å². The van der Waals surface area contributed by atoms with E-state index in [4.69, 9.17) is 9.72 Å². The number of amides is 1. The van der Waals surface area contributed by atoms with E-state index < -0.39 is 0 Å². The molecule has 4 rings (SSSR count). The molecular weight excluding hydrogens is 430 g/mol. The van der Waals surface area contributed by atoms with Crippen molar-refractivity contribution in [1.29, 1.82) is 0 Å². The quantitative estimate of drug-likeness (QED) is 0.368. The van der Waals surface area contributed by atoms with Gasteiger partial charge in [0.25, 0.3) is 5.91 Å². The van der Waals surface area contributed by atoms with Crippen LogP contribution in [-0.4, -0.2) is 43.0 Å². The lowest BCUT2D eigenvalue weighted by Gasteiger charge is -2.17. The van der Waals surface area contributed by atoms with E-state index in [1.165, 1.54) is 10.3 Å².